The van der Waals surface area contributed by atoms with E-state index in [2.05, 4.69) is 53.7 Å². The van der Waals surface area contributed by atoms with Crippen molar-refractivity contribution in [3.8, 4) is 11.5 Å². The highest BCUT2D eigenvalue weighted by Gasteiger charge is 2.27. The van der Waals surface area contributed by atoms with Crippen LogP contribution < -0.4 is 0 Å². The maximum Gasteiger partial charge on any atom is 0.120 e. The SMILES string of the molecule is Cc1cc(O)c(C(C)(C)C)c(Sc2cc(C)cc(O)c2C(C)(C)C)c1. The van der Waals surface area contributed by atoms with Crippen LogP contribution in [0.4, 0.5) is 0 Å². The van der Waals surface area contributed by atoms with E-state index in [1.807, 2.05) is 26.0 Å². The van der Waals surface area contributed by atoms with Gasteiger partial charge in [0.25, 0.3) is 0 Å². The van der Waals surface area contributed by atoms with Crippen LogP contribution in [0.15, 0.2) is 34.1 Å². The van der Waals surface area contributed by atoms with E-state index in [0.29, 0.717) is 11.5 Å². The first-order valence-corrected chi connectivity index (χ1v) is 9.48. The first-order valence-electron chi connectivity index (χ1n) is 8.66. The van der Waals surface area contributed by atoms with Crippen molar-refractivity contribution < 1.29 is 10.2 Å². The zero-order chi connectivity index (χ0) is 19.2. The van der Waals surface area contributed by atoms with Gasteiger partial charge in [0, 0.05) is 20.9 Å². The summed E-state index contributed by atoms with van der Waals surface area (Å²) >= 11 is 1.63. The molecule has 0 saturated carbocycles. The highest BCUT2D eigenvalue weighted by molar-refractivity contribution is 7.99. The minimum Gasteiger partial charge on any atom is -0.508 e. The van der Waals surface area contributed by atoms with Crippen LogP contribution in [0.2, 0.25) is 0 Å². The minimum absolute atomic E-state index is 0.173. The van der Waals surface area contributed by atoms with Gasteiger partial charge < -0.3 is 10.2 Å². The summed E-state index contributed by atoms with van der Waals surface area (Å²) in [5, 5.41) is 21.1. The summed E-state index contributed by atoms with van der Waals surface area (Å²) in [6.07, 6.45) is 0. The Labute approximate surface area is 156 Å². The molecule has 3 heteroatoms. The number of benzene rings is 2. The van der Waals surface area contributed by atoms with Crippen molar-refractivity contribution in [2.75, 3.05) is 0 Å². The highest BCUT2D eigenvalue weighted by atomic mass is 32.2. The molecule has 0 saturated heterocycles. The lowest BCUT2D eigenvalue weighted by Gasteiger charge is -2.27. The predicted octanol–water partition coefficient (Wildman–Crippen LogP) is 6.46. The molecule has 2 rings (SSSR count). The Bertz CT molecular complexity index is 726. The molecule has 0 amide bonds. The van der Waals surface area contributed by atoms with Crippen molar-refractivity contribution in [2.24, 2.45) is 0 Å². The van der Waals surface area contributed by atoms with Gasteiger partial charge in [0.1, 0.15) is 11.5 Å². The molecule has 25 heavy (non-hydrogen) atoms. The third-order valence-corrected chi connectivity index (χ3v) is 5.26. The molecule has 0 heterocycles. The minimum atomic E-state index is -0.173. The van der Waals surface area contributed by atoms with Crippen LogP contribution in [0.25, 0.3) is 0 Å². The van der Waals surface area contributed by atoms with E-state index in [1.165, 1.54) is 0 Å². The summed E-state index contributed by atoms with van der Waals surface area (Å²) in [7, 11) is 0. The van der Waals surface area contributed by atoms with Gasteiger partial charge in [-0.2, -0.15) is 0 Å². The van der Waals surface area contributed by atoms with Gasteiger partial charge in [0.2, 0.25) is 0 Å². The molecule has 0 radical (unpaired) electrons. The molecule has 0 aromatic heterocycles. The Morgan fingerprint density at radius 3 is 1.24 bits per heavy atom. The van der Waals surface area contributed by atoms with E-state index >= 15 is 0 Å². The van der Waals surface area contributed by atoms with Gasteiger partial charge in [-0.1, -0.05) is 53.3 Å². The maximum absolute atomic E-state index is 10.6. The van der Waals surface area contributed by atoms with Gasteiger partial charge in [-0.15, -0.1) is 0 Å². The van der Waals surface area contributed by atoms with E-state index in [4.69, 9.17) is 0 Å². The topological polar surface area (TPSA) is 40.5 Å². The molecular formula is C22H30O2S. The Hall–Kier alpha value is -1.61. The zero-order valence-electron chi connectivity index (χ0n) is 16.6. The van der Waals surface area contributed by atoms with Crippen LogP contribution in [0.5, 0.6) is 11.5 Å². The average molecular weight is 359 g/mol. The summed E-state index contributed by atoms with van der Waals surface area (Å²) in [6, 6.07) is 7.89. The van der Waals surface area contributed by atoms with Crippen molar-refractivity contribution in [1.82, 2.24) is 0 Å². The molecule has 136 valence electrons. The van der Waals surface area contributed by atoms with E-state index in [0.717, 1.165) is 32.0 Å². The van der Waals surface area contributed by atoms with E-state index in [1.54, 1.807) is 11.8 Å². The van der Waals surface area contributed by atoms with E-state index < -0.39 is 0 Å². The molecule has 2 aromatic carbocycles. The Morgan fingerprint density at radius 1 is 0.640 bits per heavy atom. The van der Waals surface area contributed by atoms with Gasteiger partial charge >= 0.3 is 0 Å². The molecule has 0 unspecified atom stereocenters. The maximum atomic E-state index is 10.6. The number of hydrogen-bond acceptors (Lipinski definition) is 3. The zero-order valence-corrected chi connectivity index (χ0v) is 17.4. The van der Waals surface area contributed by atoms with Crippen LogP contribution in [-0.2, 0) is 10.8 Å². The Balaban J connectivity index is 2.70. The summed E-state index contributed by atoms with van der Waals surface area (Å²) in [6.45, 7) is 16.7. The van der Waals surface area contributed by atoms with Gasteiger partial charge in [0.05, 0.1) is 0 Å². The number of aryl methyl sites for hydroxylation is 2. The Morgan fingerprint density at radius 2 is 0.960 bits per heavy atom. The quantitative estimate of drug-likeness (QED) is 0.647. The molecule has 2 aromatic rings. The first kappa shape index (κ1) is 19.7. The number of hydrogen-bond donors (Lipinski definition) is 2. The smallest absolute Gasteiger partial charge is 0.120 e. The third-order valence-electron chi connectivity index (χ3n) is 4.17. The first-order chi connectivity index (χ1) is 11.3. The van der Waals surface area contributed by atoms with Crippen molar-refractivity contribution in [2.45, 2.75) is 76.0 Å². The van der Waals surface area contributed by atoms with Crippen LogP contribution in [0, 0.1) is 13.8 Å². The van der Waals surface area contributed by atoms with Crippen molar-refractivity contribution in [3.05, 3.63) is 46.5 Å². The molecule has 0 spiro atoms. The molecule has 0 bridgehead atoms. The lowest BCUT2D eigenvalue weighted by molar-refractivity contribution is 0.440. The van der Waals surface area contributed by atoms with E-state index in [9.17, 15) is 10.2 Å². The van der Waals surface area contributed by atoms with Crippen LogP contribution in [-0.4, -0.2) is 10.2 Å². The lowest BCUT2D eigenvalue weighted by atomic mass is 9.85. The molecule has 0 fully saturated rings. The van der Waals surface area contributed by atoms with Gasteiger partial charge in [0.15, 0.2) is 0 Å². The Kier molecular flexibility index (Phi) is 5.21. The summed E-state index contributed by atoms with van der Waals surface area (Å²) < 4.78 is 0. The van der Waals surface area contributed by atoms with Crippen LogP contribution >= 0.6 is 11.8 Å². The summed E-state index contributed by atoms with van der Waals surface area (Å²) in [4.78, 5) is 2.08. The van der Waals surface area contributed by atoms with Gasteiger partial charge in [-0.3, -0.25) is 0 Å². The molecule has 0 aliphatic carbocycles. The third kappa shape index (κ3) is 4.33. The fourth-order valence-electron chi connectivity index (χ4n) is 3.26. The molecule has 2 N–H and O–H groups in total. The fourth-order valence-corrected chi connectivity index (χ4v) is 5.01. The summed E-state index contributed by atoms with van der Waals surface area (Å²) in [5.41, 5.74) is 3.61. The average Bonchev–Trinajstić information content (AvgIpc) is 2.32. The van der Waals surface area contributed by atoms with Crippen LogP contribution in [0.1, 0.15) is 63.8 Å². The molecule has 0 aliphatic rings. The second-order valence-corrected chi connectivity index (χ2v) is 10.0. The second-order valence-electron chi connectivity index (χ2n) is 8.92. The largest absolute Gasteiger partial charge is 0.508 e. The van der Waals surface area contributed by atoms with E-state index in [-0.39, 0.29) is 10.8 Å². The predicted molar refractivity (Wildman–Crippen MR) is 107 cm³/mol. The molecule has 0 atom stereocenters. The number of rotatable bonds is 2. The van der Waals surface area contributed by atoms with Gasteiger partial charge in [-0.25, -0.2) is 0 Å². The van der Waals surface area contributed by atoms with Crippen molar-refractivity contribution in [3.63, 3.8) is 0 Å². The number of phenolic OH excluding ortho intramolecular Hbond substituents is 2. The number of aromatic hydroxyl groups is 2. The molecule has 0 aliphatic heterocycles. The van der Waals surface area contributed by atoms with Crippen molar-refractivity contribution in [1.29, 1.82) is 0 Å². The second kappa shape index (κ2) is 6.60. The highest BCUT2D eigenvalue weighted by Crippen LogP contribution is 2.46. The lowest BCUT2D eigenvalue weighted by Crippen LogP contribution is -2.15. The summed E-state index contributed by atoms with van der Waals surface area (Å²) in [5.74, 6) is 0.674. The van der Waals surface area contributed by atoms with Crippen molar-refractivity contribution >= 4 is 11.8 Å². The molecule has 2 nitrogen and oxygen atoms in total. The normalized spacial score (nSPS) is 12.5. The van der Waals surface area contributed by atoms with Crippen LogP contribution in [0.3, 0.4) is 0 Å². The standard InChI is InChI=1S/C22H30O2S/c1-13-9-15(23)19(21(3,4)5)17(11-13)25-18-12-14(2)10-16(24)20(18)22(6,7)8/h9-12,23-24H,1-8H3. The number of phenols is 2. The monoisotopic (exact) mass is 358 g/mol. The fraction of sp³-hybridized carbons (Fsp3) is 0.455. The van der Waals surface area contributed by atoms with Gasteiger partial charge in [-0.05, 0) is 60.1 Å². The molecular weight excluding hydrogens is 328 g/mol.